The summed E-state index contributed by atoms with van der Waals surface area (Å²) in [5.74, 6) is -1.23. The maximum absolute atomic E-state index is 13.6. The third-order valence-corrected chi connectivity index (χ3v) is 4.09. The SMILES string of the molecule is O=C(O)c1cc2c([nH]c3ccc(F)cc32)c(Nc2cccc(Cl)c2)n1. The third-order valence-electron chi connectivity index (χ3n) is 3.86. The van der Waals surface area contributed by atoms with Crippen molar-refractivity contribution in [3.8, 4) is 0 Å². The van der Waals surface area contributed by atoms with E-state index >= 15 is 0 Å². The highest BCUT2D eigenvalue weighted by atomic mass is 35.5. The van der Waals surface area contributed by atoms with E-state index in [4.69, 9.17) is 11.6 Å². The summed E-state index contributed by atoms with van der Waals surface area (Å²) < 4.78 is 13.6. The summed E-state index contributed by atoms with van der Waals surface area (Å²) in [6, 6.07) is 12.7. The molecule has 0 aliphatic rings. The van der Waals surface area contributed by atoms with Crippen molar-refractivity contribution in [3.05, 3.63) is 65.1 Å². The highest BCUT2D eigenvalue weighted by Crippen LogP contribution is 2.32. The minimum absolute atomic E-state index is 0.137. The van der Waals surface area contributed by atoms with E-state index in [2.05, 4.69) is 15.3 Å². The number of hydrogen-bond acceptors (Lipinski definition) is 3. The number of H-pyrrole nitrogens is 1. The van der Waals surface area contributed by atoms with Crippen LogP contribution in [0.3, 0.4) is 0 Å². The largest absolute Gasteiger partial charge is 0.477 e. The molecule has 0 saturated carbocycles. The first-order chi connectivity index (χ1) is 12.0. The molecular formula is C18H11ClFN3O2. The second-order valence-electron chi connectivity index (χ2n) is 5.53. The van der Waals surface area contributed by atoms with Crippen LogP contribution in [0.15, 0.2) is 48.5 Å². The number of aromatic nitrogens is 2. The summed E-state index contributed by atoms with van der Waals surface area (Å²) in [7, 11) is 0. The van der Waals surface area contributed by atoms with Crippen molar-refractivity contribution in [2.45, 2.75) is 0 Å². The summed E-state index contributed by atoms with van der Waals surface area (Å²) in [6.45, 7) is 0. The zero-order valence-corrected chi connectivity index (χ0v) is 13.4. The molecule has 0 atom stereocenters. The predicted octanol–water partition coefficient (Wildman–Crippen LogP) is 4.95. The molecule has 0 aliphatic heterocycles. The van der Waals surface area contributed by atoms with Crippen LogP contribution in [-0.4, -0.2) is 21.0 Å². The second-order valence-corrected chi connectivity index (χ2v) is 5.97. The van der Waals surface area contributed by atoms with Crippen molar-refractivity contribution in [2.75, 3.05) is 5.32 Å². The van der Waals surface area contributed by atoms with Crippen LogP contribution in [0.1, 0.15) is 10.5 Å². The van der Waals surface area contributed by atoms with E-state index in [1.807, 2.05) is 0 Å². The van der Waals surface area contributed by atoms with Gasteiger partial charge in [0.2, 0.25) is 0 Å². The fourth-order valence-corrected chi connectivity index (χ4v) is 2.96. The molecule has 25 heavy (non-hydrogen) atoms. The molecular weight excluding hydrogens is 345 g/mol. The lowest BCUT2D eigenvalue weighted by atomic mass is 10.1. The van der Waals surface area contributed by atoms with Gasteiger partial charge in [0.1, 0.15) is 5.82 Å². The number of carboxylic acid groups (broad SMARTS) is 1. The molecule has 4 rings (SSSR count). The van der Waals surface area contributed by atoms with Gasteiger partial charge in [-0.3, -0.25) is 0 Å². The molecule has 3 N–H and O–H groups in total. The number of aromatic carboxylic acids is 1. The number of halogens is 2. The topological polar surface area (TPSA) is 78.0 Å². The van der Waals surface area contributed by atoms with E-state index < -0.39 is 11.8 Å². The van der Waals surface area contributed by atoms with Gasteiger partial charge in [0.05, 0.1) is 5.52 Å². The molecule has 0 saturated heterocycles. The van der Waals surface area contributed by atoms with Gasteiger partial charge in [-0.05, 0) is 42.5 Å². The van der Waals surface area contributed by atoms with Gasteiger partial charge in [-0.2, -0.15) is 0 Å². The van der Waals surface area contributed by atoms with Gasteiger partial charge in [-0.15, -0.1) is 0 Å². The van der Waals surface area contributed by atoms with Crippen molar-refractivity contribution >= 4 is 50.9 Å². The Bertz CT molecular complexity index is 1140. The second kappa shape index (κ2) is 5.75. The van der Waals surface area contributed by atoms with Crippen molar-refractivity contribution in [1.29, 1.82) is 0 Å². The number of pyridine rings is 1. The first kappa shape index (κ1) is 15.4. The summed E-state index contributed by atoms with van der Waals surface area (Å²) in [6.07, 6.45) is 0. The molecule has 0 spiro atoms. The molecule has 7 heteroatoms. The minimum atomic E-state index is -1.17. The van der Waals surface area contributed by atoms with E-state index in [-0.39, 0.29) is 5.69 Å². The molecule has 0 aliphatic carbocycles. The average Bonchev–Trinajstić information content (AvgIpc) is 2.93. The van der Waals surface area contributed by atoms with E-state index in [0.717, 1.165) is 0 Å². The number of carbonyl (C=O) groups is 1. The number of aromatic amines is 1. The van der Waals surface area contributed by atoms with Crippen LogP contribution >= 0.6 is 11.6 Å². The van der Waals surface area contributed by atoms with Crippen LogP contribution in [0.25, 0.3) is 21.8 Å². The van der Waals surface area contributed by atoms with Gasteiger partial charge < -0.3 is 15.4 Å². The lowest BCUT2D eigenvalue weighted by molar-refractivity contribution is 0.0691. The number of nitrogens with zero attached hydrogens (tertiary/aromatic N) is 1. The zero-order chi connectivity index (χ0) is 17.6. The number of carboxylic acids is 1. The lowest BCUT2D eigenvalue weighted by Crippen LogP contribution is -2.03. The van der Waals surface area contributed by atoms with Crippen LogP contribution in [0.2, 0.25) is 5.02 Å². The smallest absolute Gasteiger partial charge is 0.354 e. The number of anilines is 2. The quantitative estimate of drug-likeness (QED) is 0.486. The molecule has 2 heterocycles. The molecule has 0 radical (unpaired) electrons. The Morgan fingerprint density at radius 2 is 2.00 bits per heavy atom. The van der Waals surface area contributed by atoms with Crippen LogP contribution < -0.4 is 5.32 Å². The van der Waals surface area contributed by atoms with Crippen LogP contribution in [0, 0.1) is 5.82 Å². The number of benzene rings is 2. The van der Waals surface area contributed by atoms with Gasteiger partial charge >= 0.3 is 5.97 Å². The van der Waals surface area contributed by atoms with Gasteiger partial charge in [-0.1, -0.05) is 17.7 Å². The first-order valence-electron chi connectivity index (χ1n) is 7.39. The Morgan fingerprint density at radius 3 is 2.76 bits per heavy atom. The maximum Gasteiger partial charge on any atom is 0.354 e. The van der Waals surface area contributed by atoms with Crippen LogP contribution in [-0.2, 0) is 0 Å². The van der Waals surface area contributed by atoms with E-state index in [9.17, 15) is 14.3 Å². The van der Waals surface area contributed by atoms with Gasteiger partial charge in [0.15, 0.2) is 11.5 Å². The summed E-state index contributed by atoms with van der Waals surface area (Å²) >= 11 is 5.99. The standard InChI is InChI=1S/C18H11ClFN3O2/c19-9-2-1-3-11(6-9)21-17-16-13(8-15(23-17)18(24)25)12-7-10(20)4-5-14(12)22-16/h1-8,22H,(H,21,23)(H,24,25). The first-order valence-corrected chi connectivity index (χ1v) is 7.77. The molecule has 4 aromatic rings. The molecule has 2 aromatic carbocycles. The number of nitrogens with one attached hydrogen (secondary N) is 2. The highest BCUT2D eigenvalue weighted by Gasteiger charge is 2.16. The highest BCUT2D eigenvalue weighted by molar-refractivity contribution is 6.30. The zero-order valence-electron chi connectivity index (χ0n) is 12.7. The summed E-state index contributed by atoms with van der Waals surface area (Å²) in [5, 5.41) is 14.1. The van der Waals surface area contributed by atoms with Crippen molar-refractivity contribution in [1.82, 2.24) is 9.97 Å². The molecule has 0 fully saturated rings. The van der Waals surface area contributed by atoms with Gasteiger partial charge in [0.25, 0.3) is 0 Å². The monoisotopic (exact) mass is 355 g/mol. The molecule has 0 unspecified atom stereocenters. The van der Waals surface area contributed by atoms with Crippen molar-refractivity contribution in [3.63, 3.8) is 0 Å². The molecule has 0 bridgehead atoms. The Morgan fingerprint density at radius 1 is 1.16 bits per heavy atom. The molecule has 124 valence electrons. The Balaban J connectivity index is 1.98. The summed E-state index contributed by atoms with van der Waals surface area (Å²) in [4.78, 5) is 18.8. The minimum Gasteiger partial charge on any atom is -0.477 e. The Labute approximate surface area is 146 Å². The van der Waals surface area contributed by atoms with Crippen molar-refractivity contribution < 1.29 is 14.3 Å². The number of rotatable bonds is 3. The number of fused-ring (bicyclic) bond motifs is 3. The fraction of sp³-hybridized carbons (Fsp3) is 0. The Hall–Kier alpha value is -3.12. The normalized spacial score (nSPS) is 11.1. The summed E-state index contributed by atoms with van der Waals surface area (Å²) in [5.41, 5.74) is 1.80. The average molecular weight is 356 g/mol. The third kappa shape index (κ3) is 2.77. The van der Waals surface area contributed by atoms with Crippen molar-refractivity contribution in [2.24, 2.45) is 0 Å². The van der Waals surface area contributed by atoms with Crippen LogP contribution in [0.5, 0.6) is 0 Å². The molecule has 2 aromatic heterocycles. The molecule has 0 amide bonds. The van der Waals surface area contributed by atoms with Gasteiger partial charge in [0, 0.05) is 27.0 Å². The van der Waals surface area contributed by atoms with E-state index in [1.165, 1.54) is 18.2 Å². The lowest BCUT2D eigenvalue weighted by Gasteiger charge is -2.08. The van der Waals surface area contributed by atoms with E-state index in [1.54, 1.807) is 30.3 Å². The predicted molar refractivity (Wildman–Crippen MR) is 95.3 cm³/mol. The van der Waals surface area contributed by atoms with Gasteiger partial charge in [-0.25, -0.2) is 14.2 Å². The number of hydrogen-bond donors (Lipinski definition) is 3. The van der Waals surface area contributed by atoms with E-state index in [0.29, 0.717) is 38.3 Å². The maximum atomic E-state index is 13.6. The Kier molecular flexibility index (Phi) is 3.54. The van der Waals surface area contributed by atoms with Crippen LogP contribution in [0.4, 0.5) is 15.9 Å². The molecule has 5 nitrogen and oxygen atoms in total. The fourth-order valence-electron chi connectivity index (χ4n) is 2.77.